The molecule has 11 heteroatoms. The van der Waals surface area contributed by atoms with Gasteiger partial charge in [0.25, 0.3) is 0 Å². The number of anilines is 1. The van der Waals surface area contributed by atoms with E-state index in [-0.39, 0.29) is 28.2 Å². The largest absolute Gasteiger partial charge is 0.352 e. The average Bonchev–Trinajstić information content (AvgIpc) is 3.46. The van der Waals surface area contributed by atoms with E-state index in [0.29, 0.717) is 43.3 Å². The Balaban J connectivity index is 1.54. The molecule has 210 valence electrons. The molecule has 0 saturated carbocycles. The summed E-state index contributed by atoms with van der Waals surface area (Å²) in [5.74, 6) is -0.434. The predicted molar refractivity (Wildman–Crippen MR) is 156 cm³/mol. The fourth-order valence-electron chi connectivity index (χ4n) is 6.18. The number of nitrogens with zero attached hydrogens (tertiary/aromatic N) is 5. The third-order valence-corrected chi connectivity index (χ3v) is 9.67. The Hall–Kier alpha value is -2.95. The summed E-state index contributed by atoms with van der Waals surface area (Å²) >= 11 is 7.70. The van der Waals surface area contributed by atoms with E-state index >= 15 is 4.39 Å². The summed E-state index contributed by atoms with van der Waals surface area (Å²) in [4.78, 5) is 37.5. The molecule has 2 fully saturated rings. The normalized spacial score (nSPS) is 19.4. The standard InChI is InChI=1S/C29H30ClF2N5O2S/c1-3-24(38)35-8-10-36(11-9-35)28-20-12-17(2)25(19-13-21(30)23(32)14-22(19)31)27-26(20)37(29(39)33-28)18(16-40-27)15-34-6-4-5-7-34/h3,12-14,18H,1,4-11,15-16H2,2H3. The summed E-state index contributed by atoms with van der Waals surface area (Å²) in [5.41, 5.74) is 1.98. The van der Waals surface area contributed by atoms with Crippen LogP contribution in [0, 0.1) is 18.6 Å². The molecule has 2 aromatic carbocycles. The molecule has 1 atom stereocenters. The van der Waals surface area contributed by atoms with Crippen molar-refractivity contribution in [2.24, 2.45) is 0 Å². The lowest BCUT2D eigenvalue weighted by Gasteiger charge is -2.37. The summed E-state index contributed by atoms with van der Waals surface area (Å²) in [6, 6.07) is 4.00. The summed E-state index contributed by atoms with van der Waals surface area (Å²) in [6.45, 7) is 10.2. The number of piperazine rings is 1. The zero-order valence-corrected chi connectivity index (χ0v) is 23.8. The van der Waals surface area contributed by atoms with E-state index in [1.807, 2.05) is 17.9 Å². The maximum Gasteiger partial charge on any atom is 0.350 e. The van der Waals surface area contributed by atoms with Crippen molar-refractivity contribution in [1.82, 2.24) is 19.4 Å². The molecule has 2 saturated heterocycles. The number of thioether (sulfide) groups is 1. The maximum absolute atomic E-state index is 15.2. The predicted octanol–water partition coefficient (Wildman–Crippen LogP) is 4.88. The van der Waals surface area contributed by atoms with Gasteiger partial charge in [-0.15, -0.1) is 11.8 Å². The Bertz CT molecular complexity index is 1580. The van der Waals surface area contributed by atoms with Gasteiger partial charge in [-0.1, -0.05) is 18.2 Å². The monoisotopic (exact) mass is 585 g/mol. The second-order valence-electron chi connectivity index (χ2n) is 10.6. The topological polar surface area (TPSA) is 61.7 Å². The smallest absolute Gasteiger partial charge is 0.350 e. The lowest BCUT2D eigenvalue weighted by molar-refractivity contribution is -0.126. The number of hydrogen-bond donors (Lipinski definition) is 0. The lowest BCUT2D eigenvalue weighted by atomic mass is 9.96. The number of rotatable bonds is 5. The Morgan fingerprint density at radius 1 is 1.12 bits per heavy atom. The highest BCUT2D eigenvalue weighted by Crippen LogP contribution is 2.47. The van der Waals surface area contributed by atoms with Crippen LogP contribution in [0.4, 0.5) is 14.6 Å². The zero-order valence-electron chi connectivity index (χ0n) is 22.3. The summed E-state index contributed by atoms with van der Waals surface area (Å²) in [7, 11) is 0. The zero-order chi connectivity index (χ0) is 28.1. The quantitative estimate of drug-likeness (QED) is 0.314. The van der Waals surface area contributed by atoms with Gasteiger partial charge in [-0.25, -0.2) is 13.6 Å². The van der Waals surface area contributed by atoms with Crippen LogP contribution in [0.3, 0.4) is 0 Å². The fourth-order valence-corrected chi connectivity index (χ4v) is 7.71. The van der Waals surface area contributed by atoms with Crippen LogP contribution in [0.25, 0.3) is 22.0 Å². The average molecular weight is 586 g/mol. The van der Waals surface area contributed by atoms with E-state index < -0.39 is 11.6 Å². The number of likely N-dealkylation sites (tertiary alicyclic amines) is 1. The fraction of sp³-hybridized carbons (Fsp3) is 0.414. The number of aromatic nitrogens is 2. The minimum absolute atomic E-state index is 0.0913. The lowest BCUT2D eigenvalue weighted by Crippen LogP contribution is -2.49. The molecule has 0 radical (unpaired) electrons. The van der Waals surface area contributed by atoms with Crippen molar-refractivity contribution in [3.05, 3.63) is 63.6 Å². The molecule has 1 amide bonds. The summed E-state index contributed by atoms with van der Waals surface area (Å²) < 4.78 is 31.1. The molecule has 7 nitrogen and oxygen atoms in total. The van der Waals surface area contributed by atoms with Gasteiger partial charge >= 0.3 is 5.69 Å². The van der Waals surface area contributed by atoms with Crippen molar-refractivity contribution in [2.45, 2.75) is 30.7 Å². The third kappa shape index (κ3) is 4.69. The van der Waals surface area contributed by atoms with Gasteiger partial charge in [0.1, 0.15) is 17.5 Å². The Labute approximate surface area is 240 Å². The van der Waals surface area contributed by atoms with Gasteiger partial charge in [-0.05, 0) is 56.6 Å². The second-order valence-corrected chi connectivity index (χ2v) is 12.1. The van der Waals surface area contributed by atoms with Crippen molar-refractivity contribution >= 4 is 46.0 Å². The van der Waals surface area contributed by atoms with E-state index in [9.17, 15) is 14.0 Å². The Morgan fingerprint density at radius 3 is 2.55 bits per heavy atom. The van der Waals surface area contributed by atoms with E-state index in [4.69, 9.17) is 11.6 Å². The number of aryl methyl sites for hydroxylation is 1. The molecule has 0 bridgehead atoms. The van der Waals surface area contributed by atoms with Crippen molar-refractivity contribution in [1.29, 1.82) is 0 Å². The minimum atomic E-state index is -0.814. The van der Waals surface area contributed by atoms with E-state index in [2.05, 4.69) is 16.5 Å². The first kappa shape index (κ1) is 27.2. The van der Waals surface area contributed by atoms with Crippen molar-refractivity contribution < 1.29 is 13.6 Å². The number of carbonyl (C=O) groups is 1. The van der Waals surface area contributed by atoms with Gasteiger partial charge < -0.3 is 14.7 Å². The van der Waals surface area contributed by atoms with E-state index in [0.717, 1.165) is 59.9 Å². The van der Waals surface area contributed by atoms with Gasteiger partial charge in [0, 0.05) is 66.0 Å². The van der Waals surface area contributed by atoms with Crippen molar-refractivity contribution in [3.63, 3.8) is 0 Å². The molecule has 4 heterocycles. The maximum atomic E-state index is 15.2. The first-order valence-electron chi connectivity index (χ1n) is 13.5. The van der Waals surface area contributed by atoms with Crippen LogP contribution in [0.5, 0.6) is 0 Å². The van der Waals surface area contributed by atoms with Gasteiger partial charge in [0.05, 0.1) is 16.6 Å². The van der Waals surface area contributed by atoms with Crippen LogP contribution < -0.4 is 10.6 Å². The molecule has 0 N–H and O–H groups in total. The highest BCUT2D eigenvalue weighted by molar-refractivity contribution is 7.99. The molecular weight excluding hydrogens is 556 g/mol. The number of hydrogen-bond acceptors (Lipinski definition) is 6. The highest BCUT2D eigenvalue weighted by Gasteiger charge is 2.33. The number of benzene rings is 2. The number of carbonyl (C=O) groups excluding carboxylic acids is 1. The van der Waals surface area contributed by atoms with E-state index in [1.165, 1.54) is 12.1 Å². The minimum Gasteiger partial charge on any atom is -0.352 e. The van der Waals surface area contributed by atoms with Crippen LogP contribution >= 0.6 is 23.4 Å². The first-order chi connectivity index (χ1) is 19.3. The molecule has 1 unspecified atom stereocenters. The van der Waals surface area contributed by atoms with Crippen LogP contribution in [0.1, 0.15) is 24.4 Å². The molecule has 3 aliphatic heterocycles. The van der Waals surface area contributed by atoms with Gasteiger partial charge in [0.2, 0.25) is 5.91 Å². The SMILES string of the molecule is C=CC(=O)N1CCN(c2nc(=O)n3c4c(c(-c5cc(Cl)c(F)cc5F)c(C)cc24)SCC3CN2CCCC2)CC1. The summed E-state index contributed by atoms with van der Waals surface area (Å²) in [5, 5.41) is 0.655. The van der Waals surface area contributed by atoms with Gasteiger partial charge in [-0.3, -0.25) is 9.36 Å². The van der Waals surface area contributed by atoms with Crippen LogP contribution in [0.15, 0.2) is 40.5 Å². The van der Waals surface area contributed by atoms with Crippen LogP contribution in [-0.2, 0) is 4.79 Å². The van der Waals surface area contributed by atoms with E-state index in [1.54, 1.807) is 21.2 Å². The number of halogens is 3. The van der Waals surface area contributed by atoms with Crippen LogP contribution in [-0.4, -0.2) is 76.8 Å². The van der Waals surface area contributed by atoms with Gasteiger partial charge in [-0.2, -0.15) is 4.98 Å². The molecule has 6 rings (SSSR count). The molecular formula is C29H30ClF2N5O2S. The van der Waals surface area contributed by atoms with Crippen molar-refractivity contribution in [2.75, 3.05) is 56.5 Å². The van der Waals surface area contributed by atoms with Gasteiger partial charge in [0.15, 0.2) is 0 Å². The second kappa shape index (κ2) is 10.8. The van der Waals surface area contributed by atoms with Crippen molar-refractivity contribution in [3.8, 4) is 11.1 Å². The molecule has 40 heavy (non-hydrogen) atoms. The Morgan fingerprint density at radius 2 is 1.85 bits per heavy atom. The molecule has 0 spiro atoms. The molecule has 1 aromatic heterocycles. The highest BCUT2D eigenvalue weighted by atomic mass is 35.5. The third-order valence-electron chi connectivity index (χ3n) is 8.14. The number of amides is 1. The van der Waals surface area contributed by atoms with Crippen LogP contribution in [0.2, 0.25) is 5.02 Å². The molecule has 0 aliphatic carbocycles. The molecule has 3 aliphatic rings. The first-order valence-corrected chi connectivity index (χ1v) is 14.9. The Kier molecular flexibility index (Phi) is 7.35. The summed E-state index contributed by atoms with van der Waals surface area (Å²) in [6.07, 6.45) is 3.60. The molecule has 3 aromatic rings.